The second-order valence-electron chi connectivity index (χ2n) is 3.66. The number of rotatable bonds is 6. The standard InChI is InChI=1S/C10H19NO2SSi/c1-3-4-5-6-10(14,8-11)15(2)9(13)7-12/h12-14H,3-7H2,1-2H3/b15-9-. The van der Waals surface area contributed by atoms with E-state index >= 15 is 0 Å². The predicted octanol–water partition coefficient (Wildman–Crippen LogP) is 1.50. The van der Waals surface area contributed by atoms with Gasteiger partial charge in [0.05, 0.1) is 26.4 Å². The van der Waals surface area contributed by atoms with Gasteiger partial charge in [-0.3, -0.25) is 0 Å². The second kappa shape index (κ2) is 7.04. The van der Waals surface area contributed by atoms with Crippen LogP contribution in [0.5, 0.6) is 0 Å². The third-order valence-electron chi connectivity index (χ3n) is 2.53. The molecule has 0 heterocycles. The highest BCUT2D eigenvalue weighted by Crippen LogP contribution is 2.22. The topological polar surface area (TPSA) is 64.2 Å². The highest BCUT2D eigenvalue weighted by atomic mass is 32.1. The largest absolute Gasteiger partial charge is 0.516 e. The fraction of sp³-hybridized carbons (Fsp3) is 0.800. The Morgan fingerprint density at radius 3 is 2.53 bits per heavy atom. The first-order chi connectivity index (χ1) is 7.01. The summed E-state index contributed by atoms with van der Waals surface area (Å²) in [4.78, 5) is 0. The SMILES string of the molecule is CCCCCC(S)(C#N)/[Si](C)=C(\O)CO. The molecule has 0 saturated carbocycles. The summed E-state index contributed by atoms with van der Waals surface area (Å²) < 4.78 is -0.771. The molecule has 0 aliphatic heterocycles. The van der Waals surface area contributed by atoms with Crippen LogP contribution in [0, 0.1) is 11.3 Å². The smallest absolute Gasteiger partial charge is 0.108 e. The fourth-order valence-electron chi connectivity index (χ4n) is 1.32. The Labute approximate surface area is 98.4 Å². The molecule has 2 N–H and O–H groups in total. The molecule has 0 aliphatic carbocycles. The zero-order valence-electron chi connectivity index (χ0n) is 9.32. The monoisotopic (exact) mass is 245 g/mol. The van der Waals surface area contributed by atoms with Crippen LogP contribution in [-0.2, 0) is 0 Å². The normalized spacial score (nSPS) is 16.5. The highest BCUT2D eigenvalue weighted by Gasteiger charge is 2.30. The van der Waals surface area contributed by atoms with Gasteiger partial charge in [0.1, 0.15) is 4.37 Å². The number of aliphatic hydroxyl groups excluding tert-OH is 2. The quantitative estimate of drug-likeness (QED) is 0.377. The van der Waals surface area contributed by atoms with Gasteiger partial charge < -0.3 is 10.2 Å². The van der Waals surface area contributed by atoms with E-state index in [4.69, 9.17) is 10.4 Å². The number of aliphatic hydroxyl groups is 2. The average molecular weight is 245 g/mol. The number of nitriles is 1. The molecule has 0 rings (SSSR count). The van der Waals surface area contributed by atoms with E-state index in [-0.39, 0.29) is 12.0 Å². The van der Waals surface area contributed by atoms with Crippen molar-refractivity contribution in [2.45, 2.75) is 43.5 Å². The van der Waals surface area contributed by atoms with Crippen molar-refractivity contribution in [3.63, 3.8) is 0 Å². The Hall–Kier alpha value is -0.313. The summed E-state index contributed by atoms with van der Waals surface area (Å²) in [5.41, 5.74) is 0. The lowest BCUT2D eigenvalue weighted by molar-refractivity contribution is 0.331. The Bertz CT molecular complexity index is 275. The van der Waals surface area contributed by atoms with Crippen molar-refractivity contribution in [1.82, 2.24) is 0 Å². The van der Waals surface area contributed by atoms with Gasteiger partial charge >= 0.3 is 0 Å². The molecule has 0 aliphatic rings. The molecule has 3 nitrogen and oxygen atoms in total. The van der Waals surface area contributed by atoms with E-state index in [1.807, 2.05) is 6.55 Å². The van der Waals surface area contributed by atoms with Crippen molar-refractivity contribution in [3.8, 4) is 6.07 Å². The molecule has 0 amide bonds. The molecule has 0 saturated heterocycles. The van der Waals surface area contributed by atoms with Gasteiger partial charge in [0.2, 0.25) is 0 Å². The van der Waals surface area contributed by atoms with Crippen LogP contribution in [0.4, 0.5) is 0 Å². The van der Waals surface area contributed by atoms with Crippen LogP contribution in [0.3, 0.4) is 0 Å². The maximum Gasteiger partial charge on any atom is 0.108 e. The molecular weight excluding hydrogens is 226 g/mol. The van der Waals surface area contributed by atoms with Gasteiger partial charge in [0.15, 0.2) is 0 Å². The third kappa shape index (κ3) is 4.37. The lowest BCUT2D eigenvalue weighted by Gasteiger charge is -2.21. The van der Waals surface area contributed by atoms with Gasteiger partial charge in [-0.15, -0.1) is 0 Å². The number of hydrogen-bond donors (Lipinski definition) is 3. The predicted molar refractivity (Wildman–Crippen MR) is 67.1 cm³/mol. The Morgan fingerprint density at radius 1 is 1.53 bits per heavy atom. The summed E-state index contributed by atoms with van der Waals surface area (Å²) in [5, 5.41) is 27.4. The van der Waals surface area contributed by atoms with Gasteiger partial charge in [0.25, 0.3) is 0 Å². The summed E-state index contributed by atoms with van der Waals surface area (Å²) in [6.45, 7) is 3.56. The summed E-state index contributed by atoms with van der Waals surface area (Å²) >= 11 is 4.37. The van der Waals surface area contributed by atoms with Crippen molar-refractivity contribution >= 4 is 26.4 Å². The number of nitrogens with zero attached hydrogens (tertiary/aromatic N) is 1. The van der Waals surface area contributed by atoms with E-state index in [0.29, 0.717) is 6.42 Å². The average Bonchev–Trinajstić information content (AvgIpc) is 2.27. The van der Waals surface area contributed by atoms with Gasteiger partial charge in [-0.05, 0) is 6.42 Å². The van der Waals surface area contributed by atoms with E-state index < -0.39 is 12.8 Å². The molecular formula is C10H19NO2SSi. The zero-order chi connectivity index (χ0) is 11.9. The van der Waals surface area contributed by atoms with Crippen LogP contribution in [0.25, 0.3) is 0 Å². The molecule has 0 aromatic rings. The lowest BCUT2D eigenvalue weighted by atomic mass is 10.1. The highest BCUT2D eigenvalue weighted by molar-refractivity contribution is 7.84. The molecule has 0 aromatic heterocycles. The van der Waals surface area contributed by atoms with Crippen LogP contribution in [-0.4, -0.2) is 35.0 Å². The molecule has 0 radical (unpaired) electrons. The summed E-state index contributed by atoms with van der Waals surface area (Å²) in [7, 11) is -1.46. The molecule has 1 unspecified atom stereocenters. The van der Waals surface area contributed by atoms with Gasteiger partial charge in [-0.25, -0.2) is 0 Å². The summed E-state index contributed by atoms with van der Waals surface area (Å²) in [5.74, 6) is 0. The molecule has 0 aromatic carbocycles. The van der Waals surface area contributed by atoms with Crippen molar-refractivity contribution in [1.29, 1.82) is 5.26 Å². The minimum atomic E-state index is -1.46. The fourth-order valence-corrected chi connectivity index (χ4v) is 3.29. The van der Waals surface area contributed by atoms with Gasteiger partial charge in [-0.1, -0.05) is 32.7 Å². The molecule has 0 spiro atoms. The van der Waals surface area contributed by atoms with E-state index in [9.17, 15) is 5.11 Å². The molecule has 1 atom stereocenters. The van der Waals surface area contributed by atoms with Crippen LogP contribution < -0.4 is 0 Å². The Balaban J connectivity index is 4.64. The summed E-state index contributed by atoms with van der Waals surface area (Å²) in [6.07, 6.45) is 3.78. The van der Waals surface area contributed by atoms with Crippen LogP contribution in [0.1, 0.15) is 32.6 Å². The molecule has 0 fully saturated rings. The molecule has 15 heavy (non-hydrogen) atoms. The summed E-state index contributed by atoms with van der Waals surface area (Å²) in [6, 6.07) is 2.17. The van der Waals surface area contributed by atoms with Gasteiger partial charge in [-0.2, -0.15) is 17.9 Å². The molecule has 0 bridgehead atoms. The number of unbranched alkanes of at least 4 members (excludes halogenated alkanes) is 2. The number of thiol groups is 1. The Morgan fingerprint density at radius 2 is 2.13 bits per heavy atom. The molecule has 5 heteroatoms. The van der Waals surface area contributed by atoms with Crippen molar-refractivity contribution < 1.29 is 10.2 Å². The maximum atomic E-state index is 9.46. The third-order valence-corrected chi connectivity index (χ3v) is 6.49. The van der Waals surface area contributed by atoms with E-state index in [1.54, 1.807) is 0 Å². The van der Waals surface area contributed by atoms with Crippen molar-refractivity contribution in [2.24, 2.45) is 0 Å². The minimum Gasteiger partial charge on any atom is -0.516 e. The van der Waals surface area contributed by atoms with Crippen LogP contribution in [0.15, 0.2) is 0 Å². The first kappa shape index (κ1) is 14.7. The first-order valence-corrected chi connectivity index (χ1v) is 7.60. The Kier molecular flexibility index (Phi) is 6.90. The first-order valence-electron chi connectivity index (χ1n) is 5.15. The minimum absolute atomic E-state index is 0.0352. The van der Waals surface area contributed by atoms with E-state index in [2.05, 4.69) is 25.6 Å². The number of hydrogen-bond acceptors (Lipinski definition) is 4. The zero-order valence-corrected chi connectivity index (χ0v) is 11.2. The van der Waals surface area contributed by atoms with Crippen molar-refractivity contribution in [2.75, 3.05) is 6.61 Å². The van der Waals surface area contributed by atoms with Gasteiger partial charge in [0, 0.05) is 0 Å². The second-order valence-corrected chi connectivity index (χ2v) is 7.52. The van der Waals surface area contributed by atoms with E-state index in [1.165, 1.54) is 0 Å². The van der Waals surface area contributed by atoms with E-state index in [0.717, 1.165) is 19.3 Å². The van der Waals surface area contributed by atoms with Crippen LogP contribution in [0.2, 0.25) is 6.55 Å². The lowest BCUT2D eigenvalue weighted by Crippen LogP contribution is -2.37. The maximum absolute atomic E-state index is 9.46. The molecule has 86 valence electrons. The van der Waals surface area contributed by atoms with Crippen molar-refractivity contribution in [3.05, 3.63) is 0 Å². The van der Waals surface area contributed by atoms with Crippen LogP contribution >= 0.6 is 12.6 Å².